The van der Waals surface area contributed by atoms with E-state index < -0.39 is 6.15 Å². The van der Waals surface area contributed by atoms with Crippen molar-refractivity contribution in [1.29, 1.82) is 0 Å². The van der Waals surface area contributed by atoms with Crippen molar-refractivity contribution in [3.63, 3.8) is 0 Å². The van der Waals surface area contributed by atoms with Crippen molar-refractivity contribution >= 4 is 50.7 Å². The minimum atomic E-state index is -1.61. The molecule has 4 aromatic rings. The molecule has 4 rings (SSSR count). The summed E-state index contributed by atoms with van der Waals surface area (Å²) in [5, 5.41) is 0. The Morgan fingerprint density at radius 2 is 0.621 bits per heavy atom. The molecule has 0 aliphatic carbocycles. The largest absolute Gasteiger partial charge is 0.399 e. The Balaban J connectivity index is 2.19. The van der Waals surface area contributed by atoms with Gasteiger partial charge in [-0.3, -0.25) is 0 Å². The maximum absolute atomic E-state index is 6.22. The number of rotatable bonds is 4. The number of anilines is 4. The van der Waals surface area contributed by atoms with Crippen molar-refractivity contribution in [2.24, 2.45) is 0 Å². The number of nitrogen functional groups attached to an aromatic ring is 4. The standard InChI is InChI=1S/C24H24BN4/c26-21-9-1-5-17(13-21)25(18-6-2-10-22(27)14-18,19-7-3-11-23(28)15-19)20-8-4-12-24(29)16-20/h1-16H,26-29H2/q-1. The molecule has 0 amide bonds. The molecule has 0 saturated heterocycles. The van der Waals surface area contributed by atoms with Crippen LogP contribution in [0.1, 0.15) is 0 Å². The van der Waals surface area contributed by atoms with Crippen molar-refractivity contribution in [1.82, 2.24) is 0 Å². The summed E-state index contributed by atoms with van der Waals surface area (Å²) in [6.45, 7) is 0. The van der Waals surface area contributed by atoms with Gasteiger partial charge in [-0.1, -0.05) is 72.8 Å². The molecule has 0 spiro atoms. The zero-order valence-electron chi connectivity index (χ0n) is 16.1. The van der Waals surface area contributed by atoms with E-state index >= 15 is 0 Å². The molecule has 0 fully saturated rings. The van der Waals surface area contributed by atoms with E-state index in [1.54, 1.807) is 0 Å². The van der Waals surface area contributed by atoms with Crippen LogP contribution >= 0.6 is 0 Å². The summed E-state index contributed by atoms with van der Waals surface area (Å²) in [5.41, 5.74) is 32.0. The minimum absolute atomic E-state index is 0.699. The van der Waals surface area contributed by atoms with Gasteiger partial charge < -0.3 is 22.9 Å². The van der Waals surface area contributed by atoms with Gasteiger partial charge in [0.1, 0.15) is 6.15 Å². The van der Waals surface area contributed by atoms with E-state index in [2.05, 4.69) is 24.3 Å². The van der Waals surface area contributed by atoms with Crippen LogP contribution in [0.15, 0.2) is 97.1 Å². The molecule has 4 aromatic carbocycles. The van der Waals surface area contributed by atoms with Crippen molar-refractivity contribution in [2.75, 3.05) is 22.9 Å². The molecule has 0 bridgehead atoms. The van der Waals surface area contributed by atoms with Crippen LogP contribution in [-0.4, -0.2) is 6.15 Å². The summed E-state index contributed by atoms with van der Waals surface area (Å²) in [7, 11) is 0. The van der Waals surface area contributed by atoms with Gasteiger partial charge >= 0.3 is 0 Å². The third kappa shape index (κ3) is 3.27. The summed E-state index contributed by atoms with van der Waals surface area (Å²) in [6, 6.07) is 32.0. The summed E-state index contributed by atoms with van der Waals surface area (Å²) in [4.78, 5) is 0. The highest BCUT2D eigenvalue weighted by Gasteiger charge is 2.32. The number of nitrogens with two attached hydrogens (primary N) is 4. The average Bonchev–Trinajstić information content (AvgIpc) is 2.69. The average molecular weight is 379 g/mol. The molecule has 0 aliphatic rings. The van der Waals surface area contributed by atoms with Gasteiger partial charge in [-0.05, 0) is 24.3 Å². The second-order valence-electron chi connectivity index (χ2n) is 7.55. The minimum Gasteiger partial charge on any atom is -0.399 e. The lowest BCUT2D eigenvalue weighted by atomic mass is 9.13. The third-order valence-corrected chi connectivity index (χ3v) is 5.64. The smallest absolute Gasteiger partial charge is 0.108 e. The maximum atomic E-state index is 6.22. The number of hydrogen-bond acceptors (Lipinski definition) is 4. The van der Waals surface area contributed by atoms with Gasteiger partial charge in [-0.2, -0.15) is 21.9 Å². The molecule has 4 nitrogen and oxygen atoms in total. The van der Waals surface area contributed by atoms with E-state index in [-0.39, 0.29) is 0 Å². The molecule has 144 valence electrons. The van der Waals surface area contributed by atoms with Gasteiger partial charge in [-0.25, -0.2) is 0 Å². The topological polar surface area (TPSA) is 104 Å². The molecule has 0 atom stereocenters. The molecule has 0 aliphatic heterocycles. The van der Waals surface area contributed by atoms with Gasteiger partial charge in [0.2, 0.25) is 0 Å². The lowest BCUT2D eigenvalue weighted by Crippen LogP contribution is -2.74. The summed E-state index contributed by atoms with van der Waals surface area (Å²) in [6.07, 6.45) is -1.61. The van der Waals surface area contributed by atoms with Crippen LogP contribution in [0.2, 0.25) is 0 Å². The van der Waals surface area contributed by atoms with Gasteiger partial charge in [0.15, 0.2) is 0 Å². The molecule has 5 heteroatoms. The van der Waals surface area contributed by atoms with Crippen molar-refractivity contribution in [2.45, 2.75) is 0 Å². The van der Waals surface area contributed by atoms with E-state index in [1.165, 1.54) is 0 Å². The Kier molecular flexibility index (Phi) is 4.65. The highest BCUT2D eigenvalue weighted by Crippen LogP contribution is 2.15. The van der Waals surface area contributed by atoms with Gasteiger partial charge in [0.25, 0.3) is 0 Å². The van der Waals surface area contributed by atoms with Crippen LogP contribution in [0.25, 0.3) is 0 Å². The first kappa shape index (κ1) is 18.5. The van der Waals surface area contributed by atoms with E-state index in [1.807, 2.05) is 72.8 Å². The van der Waals surface area contributed by atoms with Gasteiger partial charge in [-0.15, -0.1) is 0 Å². The molecular weight excluding hydrogens is 355 g/mol. The van der Waals surface area contributed by atoms with Gasteiger partial charge in [0, 0.05) is 22.7 Å². The fraction of sp³-hybridized carbons (Fsp3) is 0. The van der Waals surface area contributed by atoms with E-state index in [0.29, 0.717) is 22.7 Å². The summed E-state index contributed by atoms with van der Waals surface area (Å²) in [5.74, 6) is 0. The fourth-order valence-electron chi connectivity index (χ4n) is 4.47. The predicted molar refractivity (Wildman–Crippen MR) is 128 cm³/mol. The maximum Gasteiger partial charge on any atom is 0.108 e. The monoisotopic (exact) mass is 379 g/mol. The number of hydrogen-bond donors (Lipinski definition) is 4. The second-order valence-corrected chi connectivity index (χ2v) is 7.55. The molecule has 0 aromatic heterocycles. The molecule has 0 saturated carbocycles. The second kappa shape index (κ2) is 7.28. The lowest BCUT2D eigenvalue weighted by molar-refractivity contribution is 1.64. The van der Waals surface area contributed by atoms with Crippen LogP contribution in [-0.2, 0) is 0 Å². The van der Waals surface area contributed by atoms with Crippen LogP contribution in [0, 0.1) is 0 Å². The third-order valence-electron chi connectivity index (χ3n) is 5.64. The molecule has 29 heavy (non-hydrogen) atoms. The first-order valence-corrected chi connectivity index (χ1v) is 9.59. The Morgan fingerprint density at radius 1 is 0.379 bits per heavy atom. The first-order chi connectivity index (χ1) is 14.0. The highest BCUT2D eigenvalue weighted by atomic mass is 14.6. The SMILES string of the molecule is Nc1cccc([B-](c2cccc(N)c2)(c2cccc(N)c2)c2cccc(N)c2)c1. The Bertz CT molecular complexity index is 985. The lowest BCUT2D eigenvalue weighted by Gasteiger charge is -2.44. The van der Waals surface area contributed by atoms with Crippen LogP contribution < -0.4 is 44.8 Å². The highest BCUT2D eigenvalue weighted by molar-refractivity contribution is 7.20. The van der Waals surface area contributed by atoms with Crippen LogP contribution in [0.5, 0.6) is 0 Å². The van der Waals surface area contributed by atoms with Crippen molar-refractivity contribution in [3.8, 4) is 0 Å². The van der Waals surface area contributed by atoms with Crippen LogP contribution in [0.3, 0.4) is 0 Å². The van der Waals surface area contributed by atoms with E-state index in [0.717, 1.165) is 21.9 Å². The zero-order valence-corrected chi connectivity index (χ0v) is 16.1. The Hall–Kier alpha value is -3.86. The molecule has 0 radical (unpaired) electrons. The quantitative estimate of drug-likeness (QED) is 0.318. The molecule has 8 N–H and O–H groups in total. The predicted octanol–water partition coefficient (Wildman–Crippen LogP) is 1.39. The normalized spacial score (nSPS) is 11.3. The van der Waals surface area contributed by atoms with Gasteiger partial charge in [0.05, 0.1) is 0 Å². The van der Waals surface area contributed by atoms with E-state index in [9.17, 15) is 0 Å². The molecule has 0 heterocycles. The van der Waals surface area contributed by atoms with Crippen molar-refractivity contribution < 1.29 is 0 Å². The Labute approximate surface area is 171 Å². The molecular formula is C24H24BN4-. The molecule has 0 unspecified atom stereocenters. The van der Waals surface area contributed by atoms with Crippen LogP contribution in [0.4, 0.5) is 22.7 Å². The Morgan fingerprint density at radius 3 is 0.828 bits per heavy atom. The van der Waals surface area contributed by atoms with E-state index in [4.69, 9.17) is 22.9 Å². The number of benzene rings is 4. The zero-order chi connectivity index (χ0) is 20.4. The summed E-state index contributed by atoms with van der Waals surface area (Å²) >= 11 is 0. The van der Waals surface area contributed by atoms with Crippen molar-refractivity contribution in [3.05, 3.63) is 97.1 Å². The summed E-state index contributed by atoms with van der Waals surface area (Å²) < 4.78 is 0. The first-order valence-electron chi connectivity index (χ1n) is 9.59. The fourth-order valence-corrected chi connectivity index (χ4v) is 4.47.